The van der Waals surface area contributed by atoms with E-state index in [1.807, 2.05) is 0 Å². The molecule has 1 rings (SSSR count). The first-order chi connectivity index (χ1) is 8.23. The van der Waals surface area contributed by atoms with Crippen LogP contribution in [0, 0.1) is 3.70 Å². The summed E-state index contributed by atoms with van der Waals surface area (Å²) in [6.45, 7) is 0. The molecule has 0 aliphatic carbocycles. The van der Waals surface area contributed by atoms with Crippen LogP contribution in [0.4, 0.5) is 13.2 Å². The van der Waals surface area contributed by atoms with Gasteiger partial charge in [-0.25, -0.2) is 4.98 Å². The second-order valence-corrected chi connectivity index (χ2v) is 4.51. The van der Waals surface area contributed by atoms with Gasteiger partial charge in [0, 0.05) is 11.4 Å². The molecule has 0 atom stereocenters. The normalized spacial score (nSPS) is 11.4. The third-order valence-electron chi connectivity index (χ3n) is 1.83. The lowest BCUT2D eigenvalue weighted by atomic mass is 10.1. The molecule has 1 aromatic heterocycles. The van der Waals surface area contributed by atoms with Crippen LogP contribution in [0.25, 0.3) is 0 Å². The van der Waals surface area contributed by atoms with E-state index in [0.717, 1.165) is 0 Å². The molecule has 1 heterocycles. The number of carboxylic acid groups (broad SMARTS) is 1. The average Bonchev–Trinajstić information content (AvgIpc) is 2.18. The third kappa shape index (κ3) is 4.48. The minimum absolute atomic E-state index is 0.130. The van der Waals surface area contributed by atoms with Crippen molar-refractivity contribution < 1.29 is 27.8 Å². The molecule has 1 N–H and O–H groups in total. The lowest BCUT2D eigenvalue weighted by Crippen LogP contribution is -2.20. The molecule has 0 unspecified atom stereocenters. The predicted octanol–water partition coefficient (Wildman–Crippen LogP) is 2.95. The number of rotatable bonds is 4. The Kier molecular flexibility index (Phi) is 5.02. The van der Waals surface area contributed by atoms with Gasteiger partial charge in [-0.1, -0.05) is 0 Å². The standard InChI is InChI=1S/C9H6ClF3INO3/c10-3-4-1-6(14)15-8(18-9(11,12)13)5(4)2-7(16)17/h1H,2-3H2,(H,16,17). The molecule has 0 aliphatic rings. The number of aliphatic carboxylic acids is 1. The number of aromatic nitrogens is 1. The number of carboxylic acids is 1. The van der Waals surface area contributed by atoms with E-state index < -0.39 is 24.6 Å². The average molecular weight is 396 g/mol. The Labute approximate surface area is 118 Å². The van der Waals surface area contributed by atoms with Crippen molar-refractivity contribution in [3.63, 3.8) is 0 Å². The van der Waals surface area contributed by atoms with Crippen molar-refractivity contribution in [1.82, 2.24) is 4.98 Å². The fraction of sp³-hybridized carbons (Fsp3) is 0.333. The molecule has 0 saturated carbocycles. The van der Waals surface area contributed by atoms with Gasteiger partial charge in [-0.05, 0) is 34.2 Å². The van der Waals surface area contributed by atoms with E-state index in [1.165, 1.54) is 6.07 Å². The first kappa shape index (κ1) is 15.3. The van der Waals surface area contributed by atoms with Crippen molar-refractivity contribution in [3.05, 3.63) is 20.9 Å². The molecule has 18 heavy (non-hydrogen) atoms. The van der Waals surface area contributed by atoms with Crippen LogP contribution in [0.5, 0.6) is 5.88 Å². The Morgan fingerprint density at radius 3 is 2.61 bits per heavy atom. The summed E-state index contributed by atoms with van der Waals surface area (Å²) in [5.41, 5.74) is 0.0768. The predicted molar refractivity (Wildman–Crippen MR) is 64.5 cm³/mol. The zero-order chi connectivity index (χ0) is 13.9. The van der Waals surface area contributed by atoms with E-state index in [2.05, 4.69) is 9.72 Å². The van der Waals surface area contributed by atoms with Gasteiger partial charge in [0.15, 0.2) is 0 Å². The molecule has 4 nitrogen and oxygen atoms in total. The van der Waals surface area contributed by atoms with Crippen molar-refractivity contribution in [1.29, 1.82) is 0 Å². The first-order valence-electron chi connectivity index (χ1n) is 4.44. The quantitative estimate of drug-likeness (QED) is 0.484. The van der Waals surface area contributed by atoms with Gasteiger partial charge in [-0.2, -0.15) is 0 Å². The summed E-state index contributed by atoms with van der Waals surface area (Å²) in [7, 11) is 0. The Hall–Kier alpha value is -0.770. The number of carbonyl (C=O) groups is 1. The minimum Gasteiger partial charge on any atom is -0.481 e. The fourth-order valence-corrected chi connectivity index (χ4v) is 2.05. The Balaban J connectivity index is 3.27. The van der Waals surface area contributed by atoms with Gasteiger partial charge in [0.2, 0.25) is 5.88 Å². The SMILES string of the molecule is O=C(O)Cc1c(CCl)cc(I)nc1OC(F)(F)F. The van der Waals surface area contributed by atoms with Crippen LogP contribution in [0.3, 0.4) is 0 Å². The van der Waals surface area contributed by atoms with Crippen LogP contribution in [-0.2, 0) is 17.1 Å². The molecule has 0 aliphatic heterocycles. The maximum Gasteiger partial charge on any atom is 0.574 e. The molecule has 0 fully saturated rings. The number of ether oxygens (including phenoxy) is 1. The number of pyridine rings is 1. The van der Waals surface area contributed by atoms with Crippen LogP contribution in [0.15, 0.2) is 6.07 Å². The minimum atomic E-state index is -4.94. The first-order valence-corrected chi connectivity index (χ1v) is 6.06. The molecule has 100 valence electrons. The highest BCUT2D eigenvalue weighted by atomic mass is 127. The highest BCUT2D eigenvalue weighted by Crippen LogP contribution is 2.29. The van der Waals surface area contributed by atoms with Crippen LogP contribution < -0.4 is 4.74 Å². The molecule has 0 saturated heterocycles. The second kappa shape index (κ2) is 5.91. The summed E-state index contributed by atoms with van der Waals surface area (Å²) in [6, 6.07) is 1.41. The van der Waals surface area contributed by atoms with Crippen molar-refractivity contribution in [3.8, 4) is 5.88 Å². The molecule has 0 amide bonds. The van der Waals surface area contributed by atoms with E-state index in [4.69, 9.17) is 16.7 Å². The molecule has 0 bridgehead atoms. The zero-order valence-corrected chi connectivity index (χ0v) is 11.5. The van der Waals surface area contributed by atoms with Crippen molar-refractivity contribution in [2.45, 2.75) is 18.7 Å². The van der Waals surface area contributed by atoms with Gasteiger partial charge in [-0.3, -0.25) is 4.79 Å². The number of alkyl halides is 4. The van der Waals surface area contributed by atoms with E-state index in [0.29, 0.717) is 0 Å². The van der Waals surface area contributed by atoms with Crippen LogP contribution in [-0.4, -0.2) is 22.4 Å². The molecule has 0 spiro atoms. The maximum absolute atomic E-state index is 12.2. The summed E-state index contributed by atoms with van der Waals surface area (Å²) in [5.74, 6) is -2.20. The van der Waals surface area contributed by atoms with Gasteiger partial charge in [0.05, 0.1) is 6.42 Å². The van der Waals surface area contributed by atoms with Crippen LogP contribution >= 0.6 is 34.2 Å². The highest BCUT2D eigenvalue weighted by Gasteiger charge is 2.34. The number of hydrogen-bond acceptors (Lipinski definition) is 3. The van der Waals surface area contributed by atoms with Gasteiger partial charge in [0.1, 0.15) is 3.70 Å². The second-order valence-electron chi connectivity index (χ2n) is 3.14. The number of hydrogen-bond donors (Lipinski definition) is 1. The molecule has 1 aromatic rings. The van der Waals surface area contributed by atoms with E-state index in [-0.39, 0.29) is 20.7 Å². The summed E-state index contributed by atoms with van der Waals surface area (Å²) in [6.07, 6.45) is -5.58. The van der Waals surface area contributed by atoms with Gasteiger partial charge in [0.25, 0.3) is 0 Å². The largest absolute Gasteiger partial charge is 0.574 e. The molecular weight excluding hydrogens is 389 g/mol. The Morgan fingerprint density at radius 1 is 1.56 bits per heavy atom. The summed E-state index contributed by atoms with van der Waals surface area (Å²) >= 11 is 7.26. The highest BCUT2D eigenvalue weighted by molar-refractivity contribution is 14.1. The van der Waals surface area contributed by atoms with Crippen molar-refractivity contribution >= 4 is 40.2 Å². The van der Waals surface area contributed by atoms with Gasteiger partial charge in [-0.15, -0.1) is 24.8 Å². The maximum atomic E-state index is 12.2. The van der Waals surface area contributed by atoms with Gasteiger partial charge >= 0.3 is 12.3 Å². The summed E-state index contributed by atoms with van der Waals surface area (Å²) in [4.78, 5) is 14.2. The smallest absolute Gasteiger partial charge is 0.481 e. The van der Waals surface area contributed by atoms with E-state index >= 15 is 0 Å². The Morgan fingerprint density at radius 2 is 2.17 bits per heavy atom. The van der Waals surface area contributed by atoms with E-state index in [1.54, 1.807) is 22.6 Å². The lowest BCUT2D eigenvalue weighted by Gasteiger charge is -2.14. The van der Waals surface area contributed by atoms with Crippen LogP contribution in [0.1, 0.15) is 11.1 Å². The summed E-state index contributed by atoms with van der Waals surface area (Å²) < 4.78 is 40.5. The molecule has 0 aromatic carbocycles. The molecular formula is C9H6ClF3INO3. The fourth-order valence-electron chi connectivity index (χ4n) is 1.22. The Bertz CT molecular complexity index is 467. The topological polar surface area (TPSA) is 59.4 Å². The van der Waals surface area contributed by atoms with Gasteiger partial charge < -0.3 is 9.84 Å². The zero-order valence-electron chi connectivity index (χ0n) is 8.59. The molecule has 9 heteroatoms. The van der Waals surface area contributed by atoms with Crippen LogP contribution in [0.2, 0.25) is 0 Å². The number of halogens is 5. The molecule has 0 radical (unpaired) electrons. The third-order valence-corrected chi connectivity index (χ3v) is 2.67. The van der Waals surface area contributed by atoms with Crippen molar-refractivity contribution in [2.24, 2.45) is 0 Å². The lowest BCUT2D eigenvalue weighted by molar-refractivity contribution is -0.276. The monoisotopic (exact) mass is 395 g/mol. The van der Waals surface area contributed by atoms with E-state index in [9.17, 15) is 18.0 Å². The summed E-state index contributed by atoms with van der Waals surface area (Å²) in [5, 5.41) is 8.67. The number of nitrogens with zero attached hydrogens (tertiary/aromatic N) is 1. The van der Waals surface area contributed by atoms with Crippen molar-refractivity contribution in [2.75, 3.05) is 0 Å².